The van der Waals surface area contributed by atoms with Crippen LogP contribution in [0.5, 0.6) is 0 Å². The molecular formula is C16H17ClN4. The molecule has 0 N–H and O–H groups in total. The lowest BCUT2D eigenvalue weighted by atomic mass is 10.1. The second kappa shape index (κ2) is 5.11. The van der Waals surface area contributed by atoms with Gasteiger partial charge in [0.2, 0.25) is 0 Å². The fraction of sp³-hybridized carbons (Fsp3) is 0.312. The van der Waals surface area contributed by atoms with Crippen LogP contribution in [0.25, 0.3) is 16.9 Å². The van der Waals surface area contributed by atoms with Gasteiger partial charge in [-0.05, 0) is 44.0 Å². The Kier molecular flexibility index (Phi) is 3.41. The van der Waals surface area contributed by atoms with Gasteiger partial charge in [0.25, 0.3) is 0 Å². The lowest BCUT2D eigenvalue weighted by molar-refractivity contribution is 0.883. The summed E-state index contributed by atoms with van der Waals surface area (Å²) in [6, 6.07) is 4.23. The molecule has 0 spiro atoms. The van der Waals surface area contributed by atoms with Crippen LogP contribution in [-0.2, 0) is 6.42 Å². The van der Waals surface area contributed by atoms with Crippen molar-refractivity contribution >= 4 is 22.6 Å². The minimum Gasteiger partial charge on any atom is -0.283 e. The molecule has 2 heterocycles. The van der Waals surface area contributed by atoms with E-state index in [-0.39, 0.29) is 0 Å². The summed E-state index contributed by atoms with van der Waals surface area (Å²) in [6.45, 7) is 8.15. The summed E-state index contributed by atoms with van der Waals surface area (Å²) < 4.78 is 1.99. The molecule has 0 unspecified atom stereocenters. The molecule has 21 heavy (non-hydrogen) atoms. The van der Waals surface area contributed by atoms with Crippen LogP contribution in [0.1, 0.15) is 29.4 Å². The van der Waals surface area contributed by atoms with E-state index in [1.54, 1.807) is 6.33 Å². The van der Waals surface area contributed by atoms with Crippen LogP contribution in [0.4, 0.5) is 0 Å². The van der Waals surface area contributed by atoms with Crippen LogP contribution < -0.4 is 0 Å². The van der Waals surface area contributed by atoms with Crippen LogP contribution in [0.3, 0.4) is 0 Å². The van der Waals surface area contributed by atoms with Crippen LogP contribution in [-0.4, -0.2) is 19.5 Å². The van der Waals surface area contributed by atoms with Crippen molar-refractivity contribution in [3.05, 3.63) is 46.1 Å². The van der Waals surface area contributed by atoms with Crippen LogP contribution in [0, 0.1) is 20.8 Å². The summed E-state index contributed by atoms with van der Waals surface area (Å²) in [7, 11) is 0. The average Bonchev–Trinajstić information content (AvgIpc) is 2.85. The number of halogens is 1. The number of rotatable bonds is 2. The van der Waals surface area contributed by atoms with Crippen molar-refractivity contribution in [1.29, 1.82) is 0 Å². The second-order valence-corrected chi connectivity index (χ2v) is 5.63. The van der Waals surface area contributed by atoms with Crippen LogP contribution in [0.15, 0.2) is 18.5 Å². The average molecular weight is 301 g/mol. The zero-order valence-electron chi connectivity index (χ0n) is 12.6. The van der Waals surface area contributed by atoms with E-state index in [0.717, 1.165) is 34.7 Å². The SMILES string of the molecule is CCc1nc(Cl)c(C)c(-n2cnc3cc(C)c(C)cc32)n1. The smallest absolute Gasteiger partial charge is 0.146 e. The Hall–Kier alpha value is -1.94. The van der Waals surface area contributed by atoms with Gasteiger partial charge < -0.3 is 0 Å². The first-order valence-corrected chi connectivity index (χ1v) is 7.36. The Balaban J connectivity index is 2.30. The van der Waals surface area contributed by atoms with Gasteiger partial charge in [-0.25, -0.2) is 15.0 Å². The van der Waals surface area contributed by atoms with Gasteiger partial charge in [0.05, 0.1) is 11.0 Å². The molecule has 0 saturated heterocycles. The van der Waals surface area contributed by atoms with Gasteiger partial charge in [-0.3, -0.25) is 4.57 Å². The summed E-state index contributed by atoms with van der Waals surface area (Å²) in [5.74, 6) is 1.55. The molecule has 0 saturated carbocycles. The molecule has 3 aromatic rings. The fourth-order valence-corrected chi connectivity index (χ4v) is 2.53. The number of hydrogen-bond acceptors (Lipinski definition) is 3. The molecule has 108 valence electrons. The van der Waals surface area contributed by atoms with Crippen molar-refractivity contribution in [2.75, 3.05) is 0 Å². The second-order valence-electron chi connectivity index (χ2n) is 5.27. The molecule has 0 aliphatic heterocycles. The molecule has 0 bridgehead atoms. The highest BCUT2D eigenvalue weighted by molar-refractivity contribution is 6.30. The van der Waals surface area contributed by atoms with Gasteiger partial charge in [-0.1, -0.05) is 18.5 Å². The van der Waals surface area contributed by atoms with Gasteiger partial charge in [-0.15, -0.1) is 0 Å². The predicted octanol–water partition coefficient (Wildman–Crippen LogP) is 3.96. The van der Waals surface area contributed by atoms with Gasteiger partial charge in [0.15, 0.2) is 0 Å². The molecule has 4 nitrogen and oxygen atoms in total. The maximum Gasteiger partial charge on any atom is 0.146 e. The Morgan fingerprint density at radius 1 is 1.10 bits per heavy atom. The van der Waals surface area contributed by atoms with Crippen LogP contribution in [0.2, 0.25) is 5.15 Å². The van der Waals surface area contributed by atoms with E-state index >= 15 is 0 Å². The number of fused-ring (bicyclic) bond motifs is 1. The third-order valence-electron chi connectivity index (χ3n) is 3.81. The number of aryl methyl sites for hydroxylation is 3. The van der Waals surface area contributed by atoms with E-state index in [1.165, 1.54) is 11.1 Å². The van der Waals surface area contributed by atoms with E-state index in [0.29, 0.717) is 5.15 Å². The van der Waals surface area contributed by atoms with Gasteiger partial charge in [0.1, 0.15) is 23.1 Å². The molecule has 5 heteroatoms. The van der Waals surface area contributed by atoms with E-state index in [9.17, 15) is 0 Å². The molecule has 0 amide bonds. The number of imidazole rings is 1. The largest absolute Gasteiger partial charge is 0.283 e. The Labute approximate surface area is 128 Å². The molecule has 2 aromatic heterocycles. The maximum absolute atomic E-state index is 6.24. The zero-order valence-corrected chi connectivity index (χ0v) is 13.4. The van der Waals surface area contributed by atoms with Crippen LogP contribution >= 0.6 is 11.6 Å². The quantitative estimate of drug-likeness (QED) is 0.673. The fourth-order valence-electron chi connectivity index (χ4n) is 2.35. The van der Waals surface area contributed by atoms with Crippen molar-refractivity contribution in [1.82, 2.24) is 19.5 Å². The molecule has 0 atom stereocenters. The topological polar surface area (TPSA) is 43.6 Å². The third-order valence-corrected chi connectivity index (χ3v) is 4.18. The summed E-state index contributed by atoms with van der Waals surface area (Å²) in [5.41, 5.74) is 5.34. The minimum atomic E-state index is 0.502. The van der Waals surface area contributed by atoms with E-state index in [2.05, 4.69) is 40.9 Å². The van der Waals surface area contributed by atoms with Crippen molar-refractivity contribution < 1.29 is 0 Å². The standard InChI is InChI=1S/C16H17ClN4/c1-5-14-19-15(17)11(4)16(20-14)21-8-18-12-6-9(2)10(3)7-13(12)21/h6-8H,5H2,1-4H3. The van der Waals surface area contributed by atoms with E-state index in [4.69, 9.17) is 11.6 Å². The summed E-state index contributed by atoms with van der Waals surface area (Å²) in [5, 5.41) is 0.502. The van der Waals surface area contributed by atoms with Crippen molar-refractivity contribution in [2.24, 2.45) is 0 Å². The number of nitrogens with zero attached hydrogens (tertiary/aromatic N) is 4. The van der Waals surface area contributed by atoms with E-state index in [1.807, 2.05) is 18.4 Å². The normalized spacial score (nSPS) is 11.3. The monoisotopic (exact) mass is 300 g/mol. The van der Waals surface area contributed by atoms with Gasteiger partial charge in [-0.2, -0.15) is 0 Å². The maximum atomic E-state index is 6.24. The van der Waals surface area contributed by atoms with Crippen molar-refractivity contribution in [3.8, 4) is 5.82 Å². The molecule has 0 aliphatic rings. The summed E-state index contributed by atoms with van der Waals surface area (Å²) in [4.78, 5) is 13.4. The highest BCUT2D eigenvalue weighted by atomic mass is 35.5. The molecule has 0 fully saturated rings. The Bertz CT molecular complexity index is 836. The third kappa shape index (κ3) is 2.29. The number of benzene rings is 1. The molecule has 0 radical (unpaired) electrons. The molecule has 1 aromatic carbocycles. The molecule has 3 rings (SSSR count). The molecule has 0 aliphatic carbocycles. The first-order valence-electron chi connectivity index (χ1n) is 6.99. The predicted molar refractivity (Wildman–Crippen MR) is 85.3 cm³/mol. The van der Waals surface area contributed by atoms with Gasteiger partial charge >= 0.3 is 0 Å². The first kappa shape index (κ1) is 14.0. The lowest BCUT2D eigenvalue weighted by Gasteiger charge is -2.10. The highest BCUT2D eigenvalue weighted by Crippen LogP contribution is 2.25. The summed E-state index contributed by atoms with van der Waals surface area (Å²) >= 11 is 6.24. The van der Waals surface area contributed by atoms with Crippen molar-refractivity contribution in [2.45, 2.75) is 34.1 Å². The minimum absolute atomic E-state index is 0.502. The van der Waals surface area contributed by atoms with Crippen molar-refractivity contribution in [3.63, 3.8) is 0 Å². The number of aromatic nitrogens is 4. The Morgan fingerprint density at radius 2 is 1.81 bits per heavy atom. The zero-order chi connectivity index (χ0) is 15.1. The number of hydrogen-bond donors (Lipinski definition) is 0. The first-order chi connectivity index (χ1) is 10.0. The van der Waals surface area contributed by atoms with Gasteiger partial charge in [0, 0.05) is 12.0 Å². The Morgan fingerprint density at radius 3 is 2.52 bits per heavy atom. The van der Waals surface area contributed by atoms with E-state index < -0.39 is 0 Å². The molecular weight excluding hydrogens is 284 g/mol. The highest BCUT2D eigenvalue weighted by Gasteiger charge is 2.13. The summed E-state index contributed by atoms with van der Waals surface area (Å²) in [6.07, 6.45) is 2.55. The lowest BCUT2D eigenvalue weighted by Crippen LogP contribution is -2.05.